The number of hydrogen-bond donors (Lipinski definition) is 2. The molecule has 0 atom stereocenters. The van der Waals surface area contributed by atoms with Crippen molar-refractivity contribution in [1.29, 1.82) is 0 Å². The highest BCUT2D eigenvalue weighted by atomic mass is 32.2. The van der Waals surface area contributed by atoms with Crippen molar-refractivity contribution in [2.75, 3.05) is 17.6 Å². The molecule has 0 heterocycles. The Morgan fingerprint density at radius 1 is 1.27 bits per heavy atom. The average Bonchev–Trinajstić information content (AvgIpc) is 2.35. The largest absolute Gasteiger partial charge is 0.443 e. The Morgan fingerprint density at radius 2 is 1.86 bits per heavy atom. The minimum atomic E-state index is -3.35. The van der Waals surface area contributed by atoms with Gasteiger partial charge in [0.2, 0.25) is 10.0 Å². The third-order valence-corrected chi connectivity index (χ3v) is 3.89. The van der Waals surface area contributed by atoms with Crippen LogP contribution in [-0.2, 0) is 21.3 Å². The summed E-state index contributed by atoms with van der Waals surface area (Å²) in [5.41, 5.74) is 5.83. The van der Waals surface area contributed by atoms with Gasteiger partial charge in [0.15, 0.2) is 0 Å². The van der Waals surface area contributed by atoms with Crippen molar-refractivity contribution >= 4 is 21.8 Å². The monoisotopic (exact) mass is 329 g/mol. The van der Waals surface area contributed by atoms with Crippen LogP contribution in [-0.4, -0.2) is 33.4 Å². The van der Waals surface area contributed by atoms with Crippen molar-refractivity contribution in [2.24, 2.45) is 0 Å². The van der Waals surface area contributed by atoms with Crippen LogP contribution in [0.3, 0.4) is 0 Å². The Kier molecular flexibility index (Phi) is 5.78. The summed E-state index contributed by atoms with van der Waals surface area (Å²) >= 11 is 0. The molecule has 0 aliphatic carbocycles. The molecular formula is C14H23N3O4S. The molecule has 0 aromatic heterocycles. The molecular weight excluding hydrogens is 306 g/mol. The number of amides is 1. The molecule has 22 heavy (non-hydrogen) atoms. The normalized spacial score (nSPS) is 11.9. The minimum Gasteiger partial charge on any atom is -0.443 e. The first-order valence-corrected chi connectivity index (χ1v) is 8.59. The van der Waals surface area contributed by atoms with Crippen LogP contribution in [0.25, 0.3) is 0 Å². The molecule has 8 heteroatoms. The molecule has 0 saturated carbocycles. The number of carbonyl (C=O) groups is 1. The smallest absolute Gasteiger partial charge is 0.422 e. The second-order valence-corrected chi connectivity index (χ2v) is 7.85. The van der Waals surface area contributed by atoms with Gasteiger partial charge in [0, 0.05) is 13.6 Å². The lowest BCUT2D eigenvalue weighted by Gasteiger charge is -2.22. The molecule has 0 unspecified atom stereocenters. The van der Waals surface area contributed by atoms with Crippen molar-refractivity contribution in [3.63, 3.8) is 0 Å². The van der Waals surface area contributed by atoms with E-state index in [0.29, 0.717) is 5.69 Å². The van der Waals surface area contributed by atoms with E-state index in [9.17, 15) is 13.2 Å². The lowest BCUT2D eigenvalue weighted by atomic mass is 10.2. The van der Waals surface area contributed by atoms with Gasteiger partial charge in [-0.3, -0.25) is 9.73 Å². The quantitative estimate of drug-likeness (QED) is 0.801. The number of hydrogen-bond acceptors (Lipinski definition) is 5. The topological polar surface area (TPSA) is 87.7 Å². The van der Waals surface area contributed by atoms with Crippen molar-refractivity contribution in [1.82, 2.24) is 10.9 Å². The maximum Gasteiger partial charge on any atom is 0.422 e. The molecule has 0 aliphatic rings. The summed E-state index contributed by atoms with van der Waals surface area (Å²) in [5, 5.41) is 0. The zero-order valence-electron chi connectivity index (χ0n) is 13.5. The van der Waals surface area contributed by atoms with E-state index in [-0.39, 0.29) is 6.54 Å². The van der Waals surface area contributed by atoms with E-state index < -0.39 is 21.7 Å². The fourth-order valence-electron chi connectivity index (χ4n) is 1.66. The van der Waals surface area contributed by atoms with E-state index in [1.165, 1.54) is 11.4 Å². The third-order valence-electron chi connectivity index (χ3n) is 2.70. The molecule has 7 nitrogen and oxygen atoms in total. The average molecular weight is 329 g/mol. The van der Waals surface area contributed by atoms with Gasteiger partial charge in [0.05, 0.1) is 11.9 Å². The first kappa shape index (κ1) is 18.2. The van der Waals surface area contributed by atoms with Gasteiger partial charge in [-0.1, -0.05) is 18.2 Å². The first-order chi connectivity index (χ1) is 10.0. The van der Waals surface area contributed by atoms with Gasteiger partial charge in [-0.15, -0.1) is 0 Å². The number of benzene rings is 1. The lowest BCUT2D eigenvalue weighted by Crippen LogP contribution is -2.41. The van der Waals surface area contributed by atoms with Gasteiger partial charge in [-0.05, 0) is 32.4 Å². The Hall–Kier alpha value is -1.80. The molecule has 0 saturated heterocycles. The SMILES string of the molecule is CN(c1ccccc1CNNC(=O)OC(C)(C)C)S(C)(=O)=O. The number of para-hydroxylation sites is 1. The summed E-state index contributed by atoms with van der Waals surface area (Å²) in [7, 11) is -1.87. The highest BCUT2D eigenvalue weighted by molar-refractivity contribution is 7.92. The van der Waals surface area contributed by atoms with E-state index in [2.05, 4.69) is 10.9 Å². The molecule has 0 fully saturated rings. The number of nitrogens with zero attached hydrogens (tertiary/aromatic N) is 1. The third kappa shape index (κ3) is 5.90. The number of nitrogens with one attached hydrogen (secondary N) is 2. The zero-order valence-corrected chi connectivity index (χ0v) is 14.3. The van der Waals surface area contributed by atoms with Crippen molar-refractivity contribution in [2.45, 2.75) is 32.9 Å². The zero-order chi connectivity index (χ0) is 17.0. The summed E-state index contributed by atoms with van der Waals surface area (Å²) in [4.78, 5) is 11.5. The van der Waals surface area contributed by atoms with Crippen LogP contribution in [0.2, 0.25) is 0 Å². The molecule has 1 aromatic rings. The minimum absolute atomic E-state index is 0.259. The van der Waals surface area contributed by atoms with Crippen molar-refractivity contribution in [3.8, 4) is 0 Å². The number of hydrazine groups is 1. The fraction of sp³-hybridized carbons (Fsp3) is 0.500. The Morgan fingerprint density at radius 3 is 2.41 bits per heavy atom. The summed E-state index contributed by atoms with van der Waals surface area (Å²) < 4.78 is 29.6. The Balaban J connectivity index is 2.70. The molecule has 1 aromatic carbocycles. The number of ether oxygens (including phenoxy) is 1. The molecule has 124 valence electrons. The van der Waals surface area contributed by atoms with Crippen LogP contribution >= 0.6 is 0 Å². The lowest BCUT2D eigenvalue weighted by molar-refractivity contribution is 0.0497. The fourth-order valence-corrected chi connectivity index (χ4v) is 2.20. The van der Waals surface area contributed by atoms with Crippen LogP contribution in [0.5, 0.6) is 0 Å². The van der Waals surface area contributed by atoms with E-state index in [1.807, 2.05) is 0 Å². The van der Waals surface area contributed by atoms with Gasteiger partial charge < -0.3 is 4.74 Å². The Labute approximate surface area is 131 Å². The highest BCUT2D eigenvalue weighted by Gasteiger charge is 2.17. The van der Waals surface area contributed by atoms with Crippen LogP contribution < -0.4 is 15.2 Å². The van der Waals surface area contributed by atoms with E-state index in [4.69, 9.17) is 4.74 Å². The van der Waals surface area contributed by atoms with E-state index in [1.54, 1.807) is 45.0 Å². The first-order valence-electron chi connectivity index (χ1n) is 6.74. The number of carbonyl (C=O) groups excluding carboxylic acids is 1. The predicted molar refractivity (Wildman–Crippen MR) is 85.9 cm³/mol. The van der Waals surface area contributed by atoms with E-state index in [0.717, 1.165) is 11.8 Å². The maximum atomic E-state index is 11.6. The van der Waals surface area contributed by atoms with Gasteiger partial charge in [-0.2, -0.15) is 0 Å². The molecule has 1 amide bonds. The van der Waals surface area contributed by atoms with Gasteiger partial charge in [0.1, 0.15) is 5.60 Å². The van der Waals surface area contributed by atoms with Crippen LogP contribution in [0.15, 0.2) is 24.3 Å². The molecule has 0 radical (unpaired) electrons. The van der Waals surface area contributed by atoms with Crippen molar-refractivity contribution < 1.29 is 17.9 Å². The molecule has 0 aliphatic heterocycles. The second kappa shape index (κ2) is 6.97. The van der Waals surface area contributed by atoms with Crippen LogP contribution in [0.4, 0.5) is 10.5 Å². The standard InChI is InChI=1S/C14H23N3O4S/c1-14(2,3)21-13(18)16-15-10-11-8-6-7-9-12(11)17(4)22(5,19)20/h6-9,15H,10H2,1-5H3,(H,16,18). The van der Waals surface area contributed by atoms with Gasteiger partial charge >= 0.3 is 6.09 Å². The summed E-state index contributed by atoms with van der Waals surface area (Å²) in [6.45, 7) is 5.56. The van der Waals surface area contributed by atoms with Crippen molar-refractivity contribution in [3.05, 3.63) is 29.8 Å². The Bertz CT molecular complexity index is 623. The molecule has 2 N–H and O–H groups in total. The summed E-state index contributed by atoms with van der Waals surface area (Å²) in [5.74, 6) is 0. The number of sulfonamides is 1. The van der Waals surface area contributed by atoms with E-state index >= 15 is 0 Å². The van der Waals surface area contributed by atoms with Crippen LogP contribution in [0, 0.1) is 0 Å². The molecule has 1 rings (SSSR count). The predicted octanol–water partition coefficient (Wildman–Crippen LogP) is 1.61. The number of anilines is 1. The maximum absolute atomic E-state index is 11.6. The summed E-state index contributed by atoms with van der Waals surface area (Å²) in [6, 6.07) is 7.03. The van der Waals surface area contributed by atoms with Gasteiger partial charge in [0.25, 0.3) is 0 Å². The highest BCUT2D eigenvalue weighted by Crippen LogP contribution is 2.20. The summed E-state index contributed by atoms with van der Waals surface area (Å²) in [6.07, 6.45) is 0.539. The molecule has 0 spiro atoms. The second-order valence-electron chi connectivity index (χ2n) is 5.84. The molecule has 0 bridgehead atoms. The number of rotatable bonds is 5. The van der Waals surface area contributed by atoms with Crippen LogP contribution in [0.1, 0.15) is 26.3 Å². The van der Waals surface area contributed by atoms with Gasteiger partial charge in [-0.25, -0.2) is 18.6 Å².